The number of fused-ring (bicyclic) bond motifs is 1. The molecule has 0 radical (unpaired) electrons. The predicted octanol–water partition coefficient (Wildman–Crippen LogP) is 5.43. The number of alkyl halides is 6. The molecule has 3 atom stereocenters. The highest BCUT2D eigenvalue weighted by Crippen LogP contribution is 2.48. The first-order valence-electron chi connectivity index (χ1n) is 12.8. The maximum absolute atomic E-state index is 13.4. The van der Waals surface area contributed by atoms with Crippen LogP contribution in [0.4, 0.5) is 37.7 Å². The van der Waals surface area contributed by atoms with Crippen LogP contribution in [-0.4, -0.2) is 61.1 Å². The molecule has 214 valence electrons. The Balaban J connectivity index is 1.60. The first kappa shape index (κ1) is 28.1. The van der Waals surface area contributed by atoms with Crippen molar-refractivity contribution in [3.05, 3.63) is 89.5 Å². The van der Waals surface area contributed by atoms with E-state index in [1.807, 2.05) is 29.2 Å². The lowest BCUT2D eigenvalue weighted by molar-refractivity contribution is -0.274. The predicted molar refractivity (Wildman–Crippen MR) is 138 cm³/mol. The molecule has 11 heteroatoms. The minimum Gasteiger partial charge on any atom is -0.406 e. The molecule has 0 amide bonds. The SMILES string of the molecule is OC1CCN(c2cccc(C3(Cc4cccc(OC(F)(F)F)c4)CN(C[C@@H](O)C(F)(F)F)c4ccccc43)c2)C1. The Hall–Kier alpha value is -3.44. The largest absolute Gasteiger partial charge is 0.573 e. The molecule has 2 heterocycles. The van der Waals surface area contributed by atoms with Crippen molar-refractivity contribution in [2.75, 3.05) is 36.0 Å². The summed E-state index contributed by atoms with van der Waals surface area (Å²) in [4.78, 5) is 3.50. The fourth-order valence-electron chi connectivity index (χ4n) is 5.80. The number of halogens is 6. The van der Waals surface area contributed by atoms with Gasteiger partial charge in [0.05, 0.1) is 12.6 Å². The van der Waals surface area contributed by atoms with Crippen LogP contribution in [0.25, 0.3) is 0 Å². The summed E-state index contributed by atoms with van der Waals surface area (Å²) in [5.74, 6) is -0.393. The third-order valence-corrected chi connectivity index (χ3v) is 7.56. The van der Waals surface area contributed by atoms with Crippen LogP contribution in [0.5, 0.6) is 5.75 Å². The first-order chi connectivity index (χ1) is 18.8. The van der Waals surface area contributed by atoms with Gasteiger partial charge in [-0.2, -0.15) is 13.2 Å². The lowest BCUT2D eigenvalue weighted by atomic mass is 9.71. The molecule has 3 aromatic carbocycles. The number of hydrogen-bond acceptors (Lipinski definition) is 5. The first-order valence-corrected chi connectivity index (χ1v) is 12.8. The highest BCUT2D eigenvalue weighted by molar-refractivity contribution is 5.68. The van der Waals surface area contributed by atoms with Gasteiger partial charge in [0.2, 0.25) is 0 Å². The number of rotatable bonds is 7. The molecule has 5 rings (SSSR count). The molecule has 0 saturated carbocycles. The Bertz CT molecular complexity index is 1350. The standard InChI is InChI=1S/C29H28F6N2O3/c30-28(31,32)26(39)17-37-18-27(24-9-1-2-10-25(24)37,15-19-5-3-8-23(13-19)40-29(33,34)35)20-6-4-7-21(14-20)36-12-11-22(38)16-36/h1-10,13-14,22,26,38-39H,11-12,15-18H2/t22?,26-,27?/m1/s1. The average Bonchev–Trinajstić information content (AvgIpc) is 3.45. The quantitative estimate of drug-likeness (QED) is 0.374. The van der Waals surface area contributed by atoms with Gasteiger partial charge >= 0.3 is 12.5 Å². The molecule has 40 heavy (non-hydrogen) atoms. The molecule has 2 N–H and O–H groups in total. The van der Waals surface area contributed by atoms with Gasteiger partial charge in [-0.05, 0) is 59.9 Å². The summed E-state index contributed by atoms with van der Waals surface area (Å²) in [6, 6.07) is 20.0. The zero-order valence-electron chi connectivity index (χ0n) is 21.3. The van der Waals surface area contributed by atoms with Crippen LogP contribution < -0.4 is 14.5 Å². The van der Waals surface area contributed by atoms with Crippen molar-refractivity contribution in [3.63, 3.8) is 0 Å². The Labute approximate surface area is 227 Å². The normalized spacial score (nSPS) is 21.9. The molecular formula is C29H28F6N2O3. The van der Waals surface area contributed by atoms with Crippen molar-refractivity contribution in [2.45, 2.75) is 43.0 Å². The summed E-state index contributed by atoms with van der Waals surface area (Å²) >= 11 is 0. The highest BCUT2D eigenvalue weighted by atomic mass is 19.4. The van der Waals surface area contributed by atoms with Crippen molar-refractivity contribution in [3.8, 4) is 5.75 Å². The minimum atomic E-state index is -4.88. The van der Waals surface area contributed by atoms with Gasteiger partial charge in [0.25, 0.3) is 0 Å². The third kappa shape index (κ3) is 5.85. The number of β-amino-alcohol motifs (C(OH)–C–C–N with tert-alkyl or cyclic N) is 2. The topological polar surface area (TPSA) is 56.2 Å². The van der Waals surface area contributed by atoms with E-state index in [-0.39, 0.29) is 13.0 Å². The Morgan fingerprint density at radius 1 is 0.950 bits per heavy atom. The van der Waals surface area contributed by atoms with Crippen molar-refractivity contribution >= 4 is 11.4 Å². The molecule has 2 aliphatic rings. The lowest BCUT2D eigenvalue weighted by Crippen LogP contribution is -2.44. The minimum absolute atomic E-state index is 0.0515. The van der Waals surface area contributed by atoms with Gasteiger partial charge in [0.1, 0.15) is 5.75 Å². The number of aliphatic hydroxyl groups excluding tert-OH is 2. The second-order valence-electron chi connectivity index (χ2n) is 10.3. The number of benzene rings is 3. The van der Waals surface area contributed by atoms with Gasteiger partial charge in [-0.15, -0.1) is 13.2 Å². The van der Waals surface area contributed by atoms with Crippen molar-refractivity contribution in [1.29, 1.82) is 0 Å². The fraction of sp³-hybridized carbons (Fsp3) is 0.379. The molecule has 0 spiro atoms. The Morgan fingerprint density at radius 3 is 2.40 bits per heavy atom. The summed E-state index contributed by atoms with van der Waals surface area (Å²) in [6.45, 7) is 0.427. The van der Waals surface area contributed by atoms with Crippen LogP contribution in [0.2, 0.25) is 0 Å². The van der Waals surface area contributed by atoms with Gasteiger partial charge in [-0.3, -0.25) is 0 Å². The van der Waals surface area contributed by atoms with Gasteiger partial charge in [0.15, 0.2) is 6.10 Å². The molecule has 2 aliphatic heterocycles. The summed E-state index contributed by atoms with van der Waals surface area (Å²) in [5, 5.41) is 20.0. The van der Waals surface area contributed by atoms with Crippen molar-refractivity contribution in [1.82, 2.24) is 0 Å². The van der Waals surface area contributed by atoms with Crippen LogP contribution in [0.3, 0.4) is 0 Å². The number of ether oxygens (including phenoxy) is 1. The number of anilines is 2. The van der Waals surface area contributed by atoms with Crippen molar-refractivity contribution in [2.24, 2.45) is 0 Å². The van der Waals surface area contributed by atoms with E-state index in [9.17, 15) is 36.6 Å². The molecule has 5 nitrogen and oxygen atoms in total. The van der Waals surface area contributed by atoms with E-state index in [4.69, 9.17) is 0 Å². The van der Waals surface area contributed by atoms with E-state index < -0.39 is 42.5 Å². The summed E-state index contributed by atoms with van der Waals surface area (Å²) < 4.78 is 83.0. The van der Waals surface area contributed by atoms with Crippen LogP contribution in [-0.2, 0) is 11.8 Å². The smallest absolute Gasteiger partial charge is 0.406 e. The van der Waals surface area contributed by atoms with Crippen LogP contribution in [0, 0.1) is 0 Å². The number of hydrogen-bond donors (Lipinski definition) is 2. The van der Waals surface area contributed by atoms with E-state index >= 15 is 0 Å². The lowest BCUT2D eigenvalue weighted by Gasteiger charge is -2.33. The van der Waals surface area contributed by atoms with Gasteiger partial charge in [-0.25, -0.2) is 0 Å². The van der Waals surface area contributed by atoms with Gasteiger partial charge in [-0.1, -0.05) is 42.5 Å². The van der Waals surface area contributed by atoms with E-state index in [0.717, 1.165) is 11.3 Å². The summed E-state index contributed by atoms with van der Waals surface area (Å²) in [6.07, 6.45) is -12.0. The zero-order chi connectivity index (χ0) is 28.7. The fourth-order valence-corrected chi connectivity index (χ4v) is 5.80. The molecule has 3 aromatic rings. The van der Waals surface area contributed by atoms with Crippen LogP contribution >= 0.6 is 0 Å². The van der Waals surface area contributed by atoms with Crippen molar-refractivity contribution < 1.29 is 41.3 Å². The van der Waals surface area contributed by atoms with E-state index in [2.05, 4.69) is 4.74 Å². The molecular weight excluding hydrogens is 538 g/mol. The Kier molecular flexibility index (Phi) is 7.39. The zero-order valence-corrected chi connectivity index (χ0v) is 21.3. The summed E-state index contributed by atoms with van der Waals surface area (Å²) in [5.41, 5.74) is 2.32. The summed E-state index contributed by atoms with van der Waals surface area (Å²) in [7, 11) is 0. The Morgan fingerprint density at radius 2 is 1.70 bits per heavy atom. The molecule has 2 unspecified atom stereocenters. The van der Waals surface area contributed by atoms with E-state index in [1.54, 1.807) is 30.3 Å². The number of aliphatic hydroxyl groups is 2. The van der Waals surface area contributed by atoms with E-state index in [1.165, 1.54) is 23.1 Å². The van der Waals surface area contributed by atoms with Gasteiger partial charge in [0, 0.05) is 36.4 Å². The molecule has 0 bridgehead atoms. The van der Waals surface area contributed by atoms with E-state index in [0.29, 0.717) is 36.3 Å². The van der Waals surface area contributed by atoms with Crippen LogP contribution in [0.1, 0.15) is 23.1 Å². The van der Waals surface area contributed by atoms with Crippen LogP contribution in [0.15, 0.2) is 72.8 Å². The molecule has 0 aliphatic carbocycles. The number of para-hydroxylation sites is 1. The average molecular weight is 567 g/mol. The monoisotopic (exact) mass is 566 g/mol. The maximum Gasteiger partial charge on any atom is 0.573 e. The highest BCUT2D eigenvalue weighted by Gasteiger charge is 2.47. The number of nitrogens with zero attached hydrogens (tertiary/aromatic N) is 2. The second-order valence-corrected chi connectivity index (χ2v) is 10.3. The second kappa shape index (κ2) is 10.5. The molecule has 1 fully saturated rings. The van der Waals surface area contributed by atoms with Gasteiger partial charge < -0.3 is 24.7 Å². The molecule has 0 aromatic heterocycles. The third-order valence-electron chi connectivity index (χ3n) is 7.56. The molecule has 1 saturated heterocycles. The maximum atomic E-state index is 13.4.